The molecular formula is C15H17F2NO2S. The fourth-order valence-corrected chi connectivity index (χ4v) is 3.95. The topological polar surface area (TPSA) is 49.3 Å². The molecule has 3 nitrogen and oxygen atoms in total. The maximum Gasteiger partial charge on any atom is 0.252 e. The minimum atomic E-state index is -1.33. The van der Waals surface area contributed by atoms with E-state index in [1.807, 2.05) is 0 Å². The van der Waals surface area contributed by atoms with E-state index in [-0.39, 0.29) is 17.5 Å². The Morgan fingerprint density at radius 1 is 1.29 bits per heavy atom. The highest BCUT2D eigenvalue weighted by molar-refractivity contribution is 7.99. The zero-order valence-corrected chi connectivity index (χ0v) is 12.3. The summed E-state index contributed by atoms with van der Waals surface area (Å²) < 4.78 is 27.4. The van der Waals surface area contributed by atoms with Gasteiger partial charge in [-0.1, -0.05) is 6.07 Å². The van der Waals surface area contributed by atoms with E-state index in [1.54, 1.807) is 11.8 Å². The van der Waals surface area contributed by atoms with Crippen LogP contribution in [0.2, 0.25) is 0 Å². The summed E-state index contributed by atoms with van der Waals surface area (Å²) in [6, 6.07) is 3.48. The Morgan fingerprint density at radius 2 is 1.90 bits per heavy atom. The number of amides is 1. The Kier molecular flexibility index (Phi) is 3.92. The Morgan fingerprint density at radius 3 is 2.52 bits per heavy atom. The first-order chi connectivity index (χ1) is 10.0. The molecule has 0 spiro atoms. The second-order valence-corrected chi connectivity index (χ2v) is 6.93. The lowest BCUT2D eigenvalue weighted by Gasteiger charge is -2.30. The third-order valence-electron chi connectivity index (χ3n) is 4.22. The van der Waals surface area contributed by atoms with Gasteiger partial charge < -0.3 is 10.4 Å². The molecule has 1 saturated heterocycles. The summed E-state index contributed by atoms with van der Waals surface area (Å²) in [5.74, 6) is -0.405. The van der Waals surface area contributed by atoms with Gasteiger partial charge in [-0.05, 0) is 42.9 Å². The van der Waals surface area contributed by atoms with Crippen molar-refractivity contribution in [2.75, 3.05) is 11.5 Å². The molecule has 2 aliphatic rings. The lowest BCUT2D eigenvalue weighted by atomic mass is 9.95. The Labute approximate surface area is 126 Å². The van der Waals surface area contributed by atoms with E-state index in [9.17, 15) is 18.7 Å². The smallest absolute Gasteiger partial charge is 0.252 e. The molecule has 1 aliphatic heterocycles. The highest BCUT2D eigenvalue weighted by Gasteiger charge is 2.46. The second kappa shape index (κ2) is 5.57. The molecule has 1 amide bonds. The van der Waals surface area contributed by atoms with Gasteiger partial charge in [0.05, 0.1) is 0 Å². The van der Waals surface area contributed by atoms with E-state index in [2.05, 4.69) is 5.32 Å². The Hall–Kier alpha value is -1.14. The van der Waals surface area contributed by atoms with Gasteiger partial charge in [0, 0.05) is 17.5 Å². The van der Waals surface area contributed by atoms with E-state index in [0.29, 0.717) is 19.3 Å². The standard InChI is InChI=1S/C15H17F2NO2S/c16-10-2-1-3-11(17)13(10)9-8-12(9)18-14(19)15(20)4-6-21-7-5-15/h1-3,9,12,20H,4-8H2,(H,18,19). The van der Waals surface area contributed by atoms with Crippen molar-refractivity contribution in [2.45, 2.75) is 36.8 Å². The van der Waals surface area contributed by atoms with Gasteiger partial charge in [-0.25, -0.2) is 8.78 Å². The van der Waals surface area contributed by atoms with E-state index >= 15 is 0 Å². The summed E-state index contributed by atoms with van der Waals surface area (Å²) in [6.45, 7) is 0. The van der Waals surface area contributed by atoms with Crippen LogP contribution in [0.3, 0.4) is 0 Å². The third kappa shape index (κ3) is 2.92. The number of hydrogen-bond donors (Lipinski definition) is 2. The molecule has 3 rings (SSSR count). The molecule has 1 heterocycles. The van der Waals surface area contributed by atoms with Crippen LogP contribution >= 0.6 is 11.8 Å². The van der Waals surface area contributed by atoms with Crippen LogP contribution in [0.15, 0.2) is 18.2 Å². The maximum absolute atomic E-state index is 13.7. The van der Waals surface area contributed by atoms with Crippen molar-refractivity contribution in [3.8, 4) is 0 Å². The van der Waals surface area contributed by atoms with Gasteiger partial charge >= 0.3 is 0 Å². The number of hydrogen-bond acceptors (Lipinski definition) is 3. The summed E-state index contributed by atoms with van der Waals surface area (Å²) in [4.78, 5) is 12.2. The molecule has 2 N–H and O–H groups in total. The van der Waals surface area contributed by atoms with Crippen molar-refractivity contribution in [2.24, 2.45) is 0 Å². The first-order valence-corrected chi connectivity index (χ1v) is 8.22. The van der Waals surface area contributed by atoms with Crippen molar-refractivity contribution in [3.05, 3.63) is 35.4 Å². The number of rotatable bonds is 3. The van der Waals surface area contributed by atoms with Gasteiger partial charge in [0.2, 0.25) is 0 Å². The molecule has 1 aliphatic carbocycles. The number of carbonyl (C=O) groups excluding carboxylic acids is 1. The summed E-state index contributed by atoms with van der Waals surface area (Å²) in [7, 11) is 0. The quantitative estimate of drug-likeness (QED) is 0.899. The van der Waals surface area contributed by atoms with Gasteiger partial charge in [0.25, 0.3) is 5.91 Å². The summed E-state index contributed by atoms with van der Waals surface area (Å²) >= 11 is 1.71. The number of aliphatic hydroxyl groups is 1. The number of thioether (sulfide) groups is 1. The molecule has 0 aromatic heterocycles. The van der Waals surface area contributed by atoms with Crippen LogP contribution in [0.25, 0.3) is 0 Å². The SMILES string of the molecule is O=C(NC1CC1c1c(F)cccc1F)C1(O)CCSCC1. The molecule has 2 atom stereocenters. The molecular weight excluding hydrogens is 296 g/mol. The summed E-state index contributed by atoms with van der Waals surface area (Å²) in [6.07, 6.45) is 1.36. The molecule has 0 bridgehead atoms. The molecule has 21 heavy (non-hydrogen) atoms. The predicted octanol–water partition coefficient (Wildman–Crippen LogP) is 2.19. The highest BCUT2D eigenvalue weighted by Crippen LogP contribution is 2.43. The van der Waals surface area contributed by atoms with Gasteiger partial charge in [0.15, 0.2) is 0 Å². The number of nitrogens with one attached hydrogen (secondary N) is 1. The summed E-state index contributed by atoms with van der Waals surface area (Å²) in [5.41, 5.74) is -1.29. The lowest BCUT2D eigenvalue weighted by molar-refractivity contribution is -0.140. The molecule has 114 valence electrons. The fraction of sp³-hybridized carbons (Fsp3) is 0.533. The average molecular weight is 313 g/mol. The molecule has 0 radical (unpaired) electrons. The Bertz CT molecular complexity index is 540. The van der Waals surface area contributed by atoms with E-state index in [0.717, 1.165) is 11.5 Å². The van der Waals surface area contributed by atoms with Crippen LogP contribution in [0, 0.1) is 11.6 Å². The predicted molar refractivity (Wildman–Crippen MR) is 77.2 cm³/mol. The first-order valence-electron chi connectivity index (χ1n) is 7.06. The van der Waals surface area contributed by atoms with Crippen molar-refractivity contribution in [1.29, 1.82) is 0 Å². The molecule has 1 saturated carbocycles. The monoisotopic (exact) mass is 313 g/mol. The van der Waals surface area contributed by atoms with Gasteiger partial charge in [-0.3, -0.25) is 4.79 Å². The lowest BCUT2D eigenvalue weighted by Crippen LogP contribution is -2.50. The average Bonchev–Trinajstić information content (AvgIpc) is 3.18. The van der Waals surface area contributed by atoms with Crippen molar-refractivity contribution in [1.82, 2.24) is 5.32 Å². The van der Waals surface area contributed by atoms with Crippen LogP contribution in [0.4, 0.5) is 8.78 Å². The van der Waals surface area contributed by atoms with Crippen LogP contribution in [0.1, 0.15) is 30.7 Å². The van der Waals surface area contributed by atoms with Crippen LogP contribution in [0.5, 0.6) is 0 Å². The van der Waals surface area contributed by atoms with Gasteiger partial charge in [-0.15, -0.1) is 0 Å². The van der Waals surface area contributed by atoms with Crippen molar-refractivity contribution >= 4 is 17.7 Å². The van der Waals surface area contributed by atoms with E-state index < -0.39 is 23.1 Å². The maximum atomic E-state index is 13.7. The number of benzene rings is 1. The largest absolute Gasteiger partial charge is 0.380 e. The molecule has 2 unspecified atom stereocenters. The third-order valence-corrected chi connectivity index (χ3v) is 5.21. The highest BCUT2D eigenvalue weighted by atomic mass is 32.2. The van der Waals surface area contributed by atoms with Gasteiger partial charge in [0.1, 0.15) is 17.2 Å². The minimum Gasteiger partial charge on any atom is -0.380 e. The second-order valence-electron chi connectivity index (χ2n) is 5.70. The Balaban J connectivity index is 1.65. The molecule has 1 aromatic rings. The first kappa shape index (κ1) is 14.8. The zero-order valence-electron chi connectivity index (χ0n) is 11.4. The van der Waals surface area contributed by atoms with Crippen LogP contribution in [-0.4, -0.2) is 34.2 Å². The number of carbonyl (C=O) groups is 1. The van der Waals surface area contributed by atoms with Gasteiger partial charge in [-0.2, -0.15) is 11.8 Å². The molecule has 2 fully saturated rings. The zero-order chi connectivity index (χ0) is 15.0. The van der Waals surface area contributed by atoms with Crippen molar-refractivity contribution < 1.29 is 18.7 Å². The molecule has 1 aromatic carbocycles. The van der Waals surface area contributed by atoms with E-state index in [1.165, 1.54) is 18.2 Å². The fourth-order valence-electron chi connectivity index (χ4n) is 2.78. The van der Waals surface area contributed by atoms with Crippen molar-refractivity contribution in [3.63, 3.8) is 0 Å². The normalized spacial score (nSPS) is 27.2. The summed E-state index contributed by atoms with van der Waals surface area (Å²) in [5, 5.41) is 13.0. The molecule has 6 heteroatoms. The van der Waals surface area contributed by atoms with Crippen LogP contribution < -0.4 is 5.32 Å². The minimum absolute atomic E-state index is 0.0361. The van der Waals surface area contributed by atoms with E-state index in [4.69, 9.17) is 0 Å². The van der Waals surface area contributed by atoms with Crippen LogP contribution in [-0.2, 0) is 4.79 Å². The number of halogens is 2.